The van der Waals surface area contributed by atoms with Crippen molar-refractivity contribution in [2.24, 2.45) is 0 Å². The second-order valence-corrected chi connectivity index (χ2v) is 5.48. The summed E-state index contributed by atoms with van der Waals surface area (Å²) < 4.78 is 0. The first-order chi connectivity index (χ1) is 11.4. The molecule has 2 aromatic carbocycles. The molecule has 0 aliphatic carbocycles. The molecule has 2 rings (SSSR count). The summed E-state index contributed by atoms with van der Waals surface area (Å²) in [5, 5.41) is 8.39. The fraction of sp³-hybridized carbons (Fsp3) is 0.118. The summed E-state index contributed by atoms with van der Waals surface area (Å²) in [5.74, 6) is -1.10. The Labute approximate surface area is 144 Å². The van der Waals surface area contributed by atoms with Crippen molar-refractivity contribution in [2.45, 2.75) is 13.3 Å². The van der Waals surface area contributed by atoms with Crippen LogP contribution < -0.4 is 16.0 Å². The number of nitrogens with one attached hydrogen (secondary N) is 3. The van der Waals surface area contributed by atoms with E-state index in [1.54, 1.807) is 48.5 Å². The fourth-order valence-electron chi connectivity index (χ4n) is 1.97. The molecule has 2 aromatic rings. The normalized spacial score (nSPS) is 9.92. The van der Waals surface area contributed by atoms with Crippen LogP contribution in [0.15, 0.2) is 48.5 Å². The summed E-state index contributed by atoms with van der Waals surface area (Å²) in [6.07, 6.45) is -0.326. The van der Waals surface area contributed by atoms with Crippen molar-refractivity contribution in [3.8, 4) is 0 Å². The van der Waals surface area contributed by atoms with Gasteiger partial charge < -0.3 is 16.0 Å². The molecule has 0 aliphatic rings. The van der Waals surface area contributed by atoms with Crippen LogP contribution in [0, 0.1) is 0 Å². The molecule has 0 spiro atoms. The summed E-state index contributed by atoms with van der Waals surface area (Å²) in [6, 6.07) is 13.2. The second kappa shape index (κ2) is 8.12. The molecule has 0 atom stereocenters. The molecule has 0 saturated carbocycles. The molecule has 0 fully saturated rings. The van der Waals surface area contributed by atoms with Gasteiger partial charge in [-0.15, -0.1) is 0 Å². The highest BCUT2D eigenvalue weighted by Gasteiger charge is 2.10. The summed E-state index contributed by atoms with van der Waals surface area (Å²) in [6.45, 7) is 1.40. The van der Waals surface area contributed by atoms with Gasteiger partial charge in [0.25, 0.3) is 0 Å². The number of carbonyl (C=O) groups is 3. The molecule has 124 valence electrons. The maximum absolute atomic E-state index is 11.9. The Balaban J connectivity index is 1.89. The maximum Gasteiger partial charge on any atom is 0.233 e. The maximum atomic E-state index is 11.9. The summed E-state index contributed by atoms with van der Waals surface area (Å²) in [5.41, 5.74) is 1.61. The lowest BCUT2D eigenvalue weighted by Crippen LogP contribution is -2.21. The van der Waals surface area contributed by atoms with Gasteiger partial charge in [0.15, 0.2) is 0 Å². The van der Waals surface area contributed by atoms with E-state index in [1.165, 1.54) is 6.92 Å². The van der Waals surface area contributed by atoms with Gasteiger partial charge in [0, 0.05) is 29.0 Å². The molecule has 0 aliphatic heterocycles. The van der Waals surface area contributed by atoms with Crippen molar-refractivity contribution in [2.75, 3.05) is 16.0 Å². The van der Waals surface area contributed by atoms with Gasteiger partial charge in [-0.1, -0.05) is 17.7 Å². The second-order valence-electron chi connectivity index (χ2n) is 5.04. The van der Waals surface area contributed by atoms with Gasteiger partial charge in [-0.25, -0.2) is 0 Å². The zero-order valence-corrected chi connectivity index (χ0v) is 13.7. The lowest BCUT2D eigenvalue weighted by Gasteiger charge is -2.08. The quantitative estimate of drug-likeness (QED) is 0.727. The molecule has 0 aromatic heterocycles. The number of halogens is 1. The number of anilines is 3. The largest absolute Gasteiger partial charge is 0.326 e. The minimum atomic E-state index is -0.457. The number of benzene rings is 2. The highest BCUT2D eigenvalue weighted by molar-refractivity contribution is 6.30. The van der Waals surface area contributed by atoms with Gasteiger partial charge in [0.1, 0.15) is 6.42 Å². The van der Waals surface area contributed by atoms with E-state index in [9.17, 15) is 14.4 Å². The Bertz CT molecular complexity index is 760. The highest BCUT2D eigenvalue weighted by Crippen LogP contribution is 2.16. The highest BCUT2D eigenvalue weighted by atomic mass is 35.5. The van der Waals surface area contributed by atoms with Crippen LogP contribution >= 0.6 is 11.6 Å². The number of carbonyl (C=O) groups excluding carboxylic acids is 3. The van der Waals surface area contributed by atoms with E-state index in [-0.39, 0.29) is 12.3 Å². The first-order valence-electron chi connectivity index (χ1n) is 7.15. The van der Waals surface area contributed by atoms with Crippen LogP contribution in [0.4, 0.5) is 17.1 Å². The monoisotopic (exact) mass is 345 g/mol. The van der Waals surface area contributed by atoms with Crippen LogP contribution in [0.25, 0.3) is 0 Å². The van der Waals surface area contributed by atoms with Crippen molar-refractivity contribution in [3.05, 3.63) is 53.6 Å². The molecule has 0 saturated heterocycles. The van der Waals surface area contributed by atoms with Gasteiger partial charge in [-0.2, -0.15) is 0 Å². The predicted molar refractivity (Wildman–Crippen MR) is 94.1 cm³/mol. The third-order valence-corrected chi connectivity index (χ3v) is 3.17. The molecular formula is C17H16ClN3O3. The Morgan fingerprint density at radius 2 is 1.38 bits per heavy atom. The Morgan fingerprint density at radius 1 is 0.833 bits per heavy atom. The lowest BCUT2D eigenvalue weighted by atomic mass is 10.2. The summed E-state index contributed by atoms with van der Waals surface area (Å²) >= 11 is 5.76. The Morgan fingerprint density at radius 3 is 1.96 bits per heavy atom. The molecule has 7 heteroatoms. The standard InChI is InChI=1S/C17H16ClN3O3/c1-11(22)19-14-3-2-4-15(9-14)21-17(24)10-16(23)20-13-7-5-12(18)6-8-13/h2-9H,10H2,1H3,(H,19,22)(H,20,23)(H,21,24). The van der Waals surface area contributed by atoms with Crippen LogP contribution in [-0.4, -0.2) is 17.7 Å². The van der Waals surface area contributed by atoms with E-state index in [2.05, 4.69) is 16.0 Å². The first kappa shape index (κ1) is 17.5. The van der Waals surface area contributed by atoms with E-state index in [1.807, 2.05) is 0 Å². The number of amides is 3. The van der Waals surface area contributed by atoms with Crippen LogP contribution in [0.1, 0.15) is 13.3 Å². The molecule has 24 heavy (non-hydrogen) atoms. The number of rotatable bonds is 5. The SMILES string of the molecule is CC(=O)Nc1cccc(NC(=O)CC(=O)Nc2ccc(Cl)cc2)c1. The van der Waals surface area contributed by atoms with Crippen molar-refractivity contribution >= 4 is 46.4 Å². The molecular weight excluding hydrogens is 330 g/mol. The first-order valence-corrected chi connectivity index (χ1v) is 7.53. The Hall–Kier alpha value is -2.86. The molecule has 3 N–H and O–H groups in total. The van der Waals surface area contributed by atoms with Gasteiger partial charge in [-0.05, 0) is 42.5 Å². The van der Waals surface area contributed by atoms with E-state index >= 15 is 0 Å². The van der Waals surface area contributed by atoms with Gasteiger partial charge >= 0.3 is 0 Å². The predicted octanol–water partition coefficient (Wildman–Crippen LogP) is 3.27. The zero-order valence-electron chi connectivity index (χ0n) is 12.9. The third-order valence-electron chi connectivity index (χ3n) is 2.92. The van der Waals surface area contributed by atoms with Gasteiger partial charge in [0.2, 0.25) is 17.7 Å². The number of hydrogen-bond donors (Lipinski definition) is 3. The topological polar surface area (TPSA) is 87.3 Å². The van der Waals surface area contributed by atoms with E-state index < -0.39 is 11.8 Å². The molecule has 3 amide bonds. The van der Waals surface area contributed by atoms with E-state index in [4.69, 9.17) is 11.6 Å². The van der Waals surface area contributed by atoms with Crippen LogP contribution in [0.2, 0.25) is 5.02 Å². The smallest absolute Gasteiger partial charge is 0.233 e. The van der Waals surface area contributed by atoms with Gasteiger partial charge in [-0.3, -0.25) is 14.4 Å². The van der Waals surface area contributed by atoms with E-state index in [0.29, 0.717) is 22.1 Å². The van der Waals surface area contributed by atoms with Crippen molar-refractivity contribution in [3.63, 3.8) is 0 Å². The number of hydrogen-bond acceptors (Lipinski definition) is 3. The molecule has 0 unspecified atom stereocenters. The van der Waals surface area contributed by atoms with Gasteiger partial charge in [0.05, 0.1) is 0 Å². The van der Waals surface area contributed by atoms with Crippen LogP contribution in [0.3, 0.4) is 0 Å². The minimum Gasteiger partial charge on any atom is -0.326 e. The van der Waals surface area contributed by atoms with E-state index in [0.717, 1.165) is 0 Å². The van der Waals surface area contributed by atoms with Crippen molar-refractivity contribution < 1.29 is 14.4 Å². The zero-order chi connectivity index (χ0) is 17.5. The fourth-order valence-corrected chi connectivity index (χ4v) is 2.09. The summed E-state index contributed by atoms with van der Waals surface area (Å²) in [7, 11) is 0. The van der Waals surface area contributed by atoms with Crippen molar-refractivity contribution in [1.29, 1.82) is 0 Å². The summed E-state index contributed by atoms with van der Waals surface area (Å²) in [4.78, 5) is 34.8. The minimum absolute atomic E-state index is 0.208. The lowest BCUT2D eigenvalue weighted by molar-refractivity contribution is -0.123. The molecule has 0 heterocycles. The van der Waals surface area contributed by atoms with Crippen LogP contribution in [0.5, 0.6) is 0 Å². The molecule has 6 nitrogen and oxygen atoms in total. The third kappa shape index (κ3) is 5.73. The Kier molecular flexibility index (Phi) is 5.92. The van der Waals surface area contributed by atoms with Crippen LogP contribution in [-0.2, 0) is 14.4 Å². The molecule has 0 bridgehead atoms. The van der Waals surface area contributed by atoms with Crippen molar-refractivity contribution in [1.82, 2.24) is 0 Å². The average molecular weight is 346 g/mol. The molecule has 0 radical (unpaired) electrons. The average Bonchev–Trinajstić information content (AvgIpc) is 2.49.